The maximum Gasteiger partial charge on any atom is 0.227 e. The highest BCUT2D eigenvalue weighted by Gasteiger charge is 2.19. The number of benzene rings is 1. The standard InChI is InChI=1S/C19H26N4O2/c1-13-6-5-9-23(12-13)19-20-14(2)10-18(22-19)21-16-11-15(24-3)7-8-17(16)25-4/h7-8,10-11,13H,5-6,9,12H2,1-4H3,(H,20,21,22). The van der Waals surface area contributed by atoms with Crippen LogP contribution < -0.4 is 19.7 Å². The van der Waals surface area contributed by atoms with Crippen LogP contribution in [0.15, 0.2) is 24.3 Å². The summed E-state index contributed by atoms with van der Waals surface area (Å²) in [6.45, 7) is 6.29. The molecule has 1 unspecified atom stereocenters. The normalized spacial score (nSPS) is 17.3. The Hall–Kier alpha value is -2.50. The van der Waals surface area contributed by atoms with Crippen LogP contribution in [0.2, 0.25) is 0 Å². The van der Waals surface area contributed by atoms with Crippen LogP contribution in [0.4, 0.5) is 17.5 Å². The molecule has 0 saturated carbocycles. The minimum Gasteiger partial charge on any atom is -0.497 e. The number of anilines is 3. The van der Waals surface area contributed by atoms with Crippen LogP contribution in [0.5, 0.6) is 11.5 Å². The number of ether oxygens (including phenoxy) is 2. The SMILES string of the molecule is COc1ccc(OC)c(Nc2cc(C)nc(N3CCCC(C)C3)n2)c1. The molecule has 0 spiro atoms. The molecule has 1 N–H and O–H groups in total. The summed E-state index contributed by atoms with van der Waals surface area (Å²) in [7, 11) is 3.30. The molecule has 0 aliphatic carbocycles. The molecular weight excluding hydrogens is 316 g/mol. The van der Waals surface area contributed by atoms with Crippen LogP contribution >= 0.6 is 0 Å². The van der Waals surface area contributed by atoms with E-state index in [1.54, 1.807) is 14.2 Å². The average Bonchev–Trinajstić information content (AvgIpc) is 2.61. The summed E-state index contributed by atoms with van der Waals surface area (Å²) in [5.41, 5.74) is 1.76. The zero-order valence-corrected chi connectivity index (χ0v) is 15.4. The first kappa shape index (κ1) is 17.3. The van der Waals surface area contributed by atoms with Crippen molar-refractivity contribution in [2.24, 2.45) is 5.92 Å². The fourth-order valence-electron chi connectivity index (χ4n) is 3.18. The molecule has 0 amide bonds. The second-order valence-corrected chi connectivity index (χ2v) is 6.58. The van der Waals surface area contributed by atoms with Gasteiger partial charge in [0.15, 0.2) is 0 Å². The molecule has 134 valence electrons. The van der Waals surface area contributed by atoms with Gasteiger partial charge in [-0.25, -0.2) is 4.98 Å². The van der Waals surface area contributed by atoms with E-state index in [1.807, 2.05) is 31.2 Å². The average molecular weight is 342 g/mol. The Balaban J connectivity index is 1.88. The van der Waals surface area contributed by atoms with E-state index in [0.717, 1.165) is 47.7 Å². The molecule has 6 heteroatoms. The second-order valence-electron chi connectivity index (χ2n) is 6.58. The van der Waals surface area contributed by atoms with E-state index in [9.17, 15) is 0 Å². The molecule has 1 aromatic carbocycles. The third kappa shape index (κ3) is 4.13. The molecule has 1 fully saturated rings. The van der Waals surface area contributed by atoms with Gasteiger partial charge in [-0.15, -0.1) is 0 Å². The Morgan fingerprint density at radius 3 is 2.72 bits per heavy atom. The second kappa shape index (κ2) is 7.59. The van der Waals surface area contributed by atoms with Crippen molar-refractivity contribution in [1.29, 1.82) is 0 Å². The van der Waals surface area contributed by atoms with Gasteiger partial charge in [0.25, 0.3) is 0 Å². The Morgan fingerprint density at radius 2 is 2.00 bits per heavy atom. The highest BCUT2D eigenvalue weighted by molar-refractivity contribution is 5.67. The van der Waals surface area contributed by atoms with Crippen LogP contribution in [-0.4, -0.2) is 37.3 Å². The Bertz CT molecular complexity index is 735. The lowest BCUT2D eigenvalue weighted by atomic mass is 10.0. The van der Waals surface area contributed by atoms with Gasteiger partial charge in [-0.3, -0.25) is 0 Å². The largest absolute Gasteiger partial charge is 0.497 e. The van der Waals surface area contributed by atoms with E-state index in [-0.39, 0.29) is 0 Å². The van der Waals surface area contributed by atoms with E-state index in [0.29, 0.717) is 5.92 Å². The molecule has 6 nitrogen and oxygen atoms in total. The molecule has 0 bridgehead atoms. The Morgan fingerprint density at radius 1 is 1.16 bits per heavy atom. The zero-order valence-electron chi connectivity index (χ0n) is 15.4. The zero-order chi connectivity index (χ0) is 17.8. The fraction of sp³-hybridized carbons (Fsp3) is 0.474. The van der Waals surface area contributed by atoms with Gasteiger partial charge in [0.2, 0.25) is 5.95 Å². The molecule has 1 aliphatic rings. The van der Waals surface area contributed by atoms with Crippen LogP contribution in [-0.2, 0) is 0 Å². The highest BCUT2D eigenvalue weighted by Crippen LogP contribution is 2.31. The summed E-state index contributed by atoms with van der Waals surface area (Å²) < 4.78 is 10.7. The molecule has 2 aromatic rings. The predicted molar refractivity (Wildman–Crippen MR) is 100 cm³/mol. The summed E-state index contributed by atoms with van der Waals surface area (Å²) in [5.74, 6) is 3.72. The van der Waals surface area contributed by atoms with Gasteiger partial charge < -0.3 is 19.7 Å². The topological polar surface area (TPSA) is 59.5 Å². The third-order valence-electron chi connectivity index (χ3n) is 4.45. The first-order valence-corrected chi connectivity index (χ1v) is 8.68. The summed E-state index contributed by atoms with van der Waals surface area (Å²) >= 11 is 0. The summed E-state index contributed by atoms with van der Waals surface area (Å²) in [6.07, 6.45) is 2.46. The van der Waals surface area contributed by atoms with Gasteiger partial charge in [-0.1, -0.05) is 6.92 Å². The Kier molecular flexibility index (Phi) is 5.26. The number of nitrogens with zero attached hydrogens (tertiary/aromatic N) is 3. The number of nitrogens with one attached hydrogen (secondary N) is 1. The maximum absolute atomic E-state index is 5.44. The van der Waals surface area contributed by atoms with Crippen molar-refractivity contribution in [2.75, 3.05) is 37.5 Å². The first-order valence-electron chi connectivity index (χ1n) is 8.68. The predicted octanol–water partition coefficient (Wildman–Crippen LogP) is 3.78. The van der Waals surface area contributed by atoms with Gasteiger partial charge in [0.05, 0.1) is 19.9 Å². The number of aromatic nitrogens is 2. The van der Waals surface area contributed by atoms with E-state index in [1.165, 1.54) is 12.8 Å². The molecule has 1 aromatic heterocycles. The highest BCUT2D eigenvalue weighted by atomic mass is 16.5. The van der Waals surface area contributed by atoms with Crippen molar-refractivity contribution >= 4 is 17.5 Å². The summed E-state index contributed by atoms with van der Waals surface area (Å²) in [6, 6.07) is 7.59. The van der Waals surface area contributed by atoms with E-state index < -0.39 is 0 Å². The molecular formula is C19H26N4O2. The number of aryl methyl sites for hydroxylation is 1. The number of hydrogen-bond acceptors (Lipinski definition) is 6. The van der Waals surface area contributed by atoms with Crippen molar-refractivity contribution in [3.63, 3.8) is 0 Å². The maximum atomic E-state index is 5.44. The smallest absolute Gasteiger partial charge is 0.227 e. The number of piperidine rings is 1. The summed E-state index contributed by atoms with van der Waals surface area (Å²) in [4.78, 5) is 11.6. The van der Waals surface area contributed by atoms with Gasteiger partial charge in [0, 0.05) is 30.9 Å². The van der Waals surface area contributed by atoms with Crippen LogP contribution in [0.25, 0.3) is 0 Å². The van der Waals surface area contributed by atoms with E-state index >= 15 is 0 Å². The van der Waals surface area contributed by atoms with Gasteiger partial charge >= 0.3 is 0 Å². The molecule has 1 saturated heterocycles. The molecule has 2 heterocycles. The van der Waals surface area contributed by atoms with Crippen molar-refractivity contribution in [2.45, 2.75) is 26.7 Å². The van der Waals surface area contributed by atoms with Crippen molar-refractivity contribution < 1.29 is 9.47 Å². The molecule has 1 atom stereocenters. The van der Waals surface area contributed by atoms with Gasteiger partial charge in [-0.05, 0) is 37.8 Å². The van der Waals surface area contributed by atoms with Crippen LogP contribution in [0, 0.1) is 12.8 Å². The minimum absolute atomic E-state index is 0.674. The quantitative estimate of drug-likeness (QED) is 0.892. The number of hydrogen-bond donors (Lipinski definition) is 1. The van der Waals surface area contributed by atoms with Crippen molar-refractivity contribution in [3.05, 3.63) is 30.0 Å². The third-order valence-corrected chi connectivity index (χ3v) is 4.45. The van der Waals surface area contributed by atoms with Crippen LogP contribution in [0.1, 0.15) is 25.5 Å². The van der Waals surface area contributed by atoms with Gasteiger partial charge in [-0.2, -0.15) is 4.98 Å². The monoisotopic (exact) mass is 342 g/mol. The van der Waals surface area contributed by atoms with Gasteiger partial charge in [0.1, 0.15) is 17.3 Å². The lowest BCUT2D eigenvalue weighted by molar-refractivity contribution is 0.405. The lowest BCUT2D eigenvalue weighted by Crippen LogP contribution is -2.35. The molecule has 3 rings (SSSR count). The molecule has 25 heavy (non-hydrogen) atoms. The minimum atomic E-state index is 0.674. The molecule has 0 radical (unpaired) electrons. The summed E-state index contributed by atoms with van der Waals surface area (Å²) in [5, 5.41) is 3.35. The van der Waals surface area contributed by atoms with Crippen molar-refractivity contribution in [1.82, 2.24) is 9.97 Å². The lowest BCUT2D eigenvalue weighted by Gasteiger charge is -2.31. The fourth-order valence-corrected chi connectivity index (χ4v) is 3.18. The number of methoxy groups -OCH3 is 2. The van der Waals surface area contributed by atoms with E-state index in [2.05, 4.69) is 22.1 Å². The number of rotatable bonds is 5. The van der Waals surface area contributed by atoms with Crippen LogP contribution in [0.3, 0.4) is 0 Å². The van der Waals surface area contributed by atoms with Crippen molar-refractivity contribution in [3.8, 4) is 11.5 Å². The van der Waals surface area contributed by atoms with E-state index in [4.69, 9.17) is 14.5 Å². The first-order chi connectivity index (χ1) is 12.1. The Labute approximate surface area is 149 Å². The molecule has 1 aliphatic heterocycles.